The van der Waals surface area contributed by atoms with E-state index in [0.29, 0.717) is 5.56 Å². The van der Waals surface area contributed by atoms with E-state index in [1.807, 2.05) is 18.1 Å². The van der Waals surface area contributed by atoms with Gasteiger partial charge in [-0.05, 0) is 12.5 Å². The van der Waals surface area contributed by atoms with Crippen molar-refractivity contribution in [1.82, 2.24) is 9.80 Å². The minimum Gasteiger partial charge on any atom is -0.478 e. The maximum Gasteiger partial charge on any atom is 0.336 e. The number of rotatable bonds is 10. The normalized spacial score (nSPS) is 15.4. The highest BCUT2D eigenvalue weighted by atomic mass is 16.4. The Hall–Kier alpha value is -2.01. The van der Waals surface area contributed by atoms with Gasteiger partial charge in [-0.3, -0.25) is 0 Å². The van der Waals surface area contributed by atoms with Crippen LogP contribution in [0.5, 0.6) is 0 Å². The van der Waals surface area contributed by atoms with Gasteiger partial charge in [-0.1, -0.05) is 57.2 Å². The van der Waals surface area contributed by atoms with Crippen molar-refractivity contribution in [2.24, 2.45) is 0 Å². The van der Waals surface area contributed by atoms with Gasteiger partial charge in [0.15, 0.2) is 0 Å². The molecule has 0 radical (unpaired) electrons. The molecule has 0 aromatic heterocycles. The van der Waals surface area contributed by atoms with Crippen LogP contribution in [0.1, 0.15) is 67.5 Å². The van der Waals surface area contributed by atoms with E-state index in [0.717, 1.165) is 25.3 Å². The summed E-state index contributed by atoms with van der Waals surface area (Å²) in [5.74, 6) is -1.01. The summed E-state index contributed by atoms with van der Waals surface area (Å²) in [6.45, 7) is 3.92. The van der Waals surface area contributed by atoms with Gasteiger partial charge in [0.05, 0.1) is 17.9 Å². The summed E-state index contributed by atoms with van der Waals surface area (Å²) in [6.07, 6.45) is 8.58. The Kier molecular flexibility index (Phi) is 7.31. The van der Waals surface area contributed by atoms with Gasteiger partial charge in [0.25, 0.3) is 0 Å². The first kappa shape index (κ1) is 19.3. The maximum absolute atomic E-state index is 11.4. The van der Waals surface area contributed by atoms with Crippen molar-refractivity contribution in [3.8, 4) is 0 Å². The molecule has 5 nitrogen and oxygen atoms in total. The third-order valence-corrected chi connectivity index (χ3v) is 4.71. The number of unbranched alkanes of at least 4 members (excludes halogenated alkanes) is 5. The molecule has 0 saturated heterocycles. The van der Waals surface area contributed by atoms with Crippen LogP contribution in [0.2, 0.25) is 0 Å². The molecular weight excluding hydrogens is 316 g/mol. The quantitative estimate of drug-likeness (QED) is 0.631. The zero-order valence-electron chi connectivity index (χ0n) is 15.3. The summed E-state index contributed by atoms with van der Waals surface area (Å²) in [5.41, 5.74) is 1.34. The SMILES string of the molecule is CCCCCCCCN1C=C(C(O)c2ccccc2C(=O)O)N(C)C1. The van der Waals surface area contributed by atoms with Gasteiger partial charge in [0.2, 0.25) is 0 Å². The third-order valence-electron chi connectivity index (χ3n) is 4.71. The molecule has 1 aliphatic heterocycles. The summed E-state index contributed by atoms with van der Waals surface area (Å²) in [6, 6.07) is 6.65. The average molecular weight is 346 g/mol. The second kappa shape index (κ2) is 9.47. The van der Waals surface area contributed by atoms with Crippen LogP contribution < -0.4 is 0 Å². The van der Waals surface area contributed by atoms with E-state index in [-0.39, 0.29) is 5.56 Å². The van der Waals surface area contributed by atoms with Crippen LogP contribution in [0.15, 0.2) is 36.2 Å². The van der Waals surface area contributed by atoms with E-state index in [4.69, 9.17) is 0 Å². The van der Waals surface area contributed by atoms with Crippen molar-refractivity contribution < 1.29 is 15.0 Å². The standard InChI is InChI=1S/C20H30N2O3/c1-3-4-5-6-7-10-13-22-14-18(21(2)15-22)19(23)16-11-8-9-12-17(16)20(24)25/h8-9,11-12,14,19,23H,3-7,10,13,15H2,1-2H3,(H,24,25). The van der Waals surface area contributed by atoms with Gasteiger partial charge < -0.3 is 20.0 Å². The van der Waals surface area contributed by atoms with Crippen LogP contribution in [0.4, 0.5) is 0 Å². The molecule has 5 heteroatoms. The van der Waals surface area contributed by atoms with Crippen LogP contribution >= 0.6 is 0 Å². The molecule has 0 spiro atoms. The summed E-state index contributed by atoms with van der Waals surface area (Å²) in [4.78, 5) is 15.6. The maximum atomic E-state index is 11.4. The minimum atomic E-state index is -1.01. The number of aliphatic hydroxyl groups excluding tert-OH is 1. The van der Waals surface area contributed by atoms with Gasteiger partial charge in [0.1, 0.15) is 6.10 Å². The summed E-state index contributed by atoms with van der Waals surface area (Å²) >= 11 is 0. The largest absolute Gasteiger partial charge is 0.478 e. The van der Waals surface area contributed by atoms with Gasteiger partial charge in [-0.15, -0.1) is 0 Å². The number of carboxylic acid groups (broad SMARTS) is 1. The zero-order chi connectivity index (χ0) is 18.2. The Balaban J connectivity index is 1.95. The Morgan fingerprint density at radius 1 is 1.16 bits per heavy atom. The predicted molar refractivity (Wildman–Crippen MR) is 99.2 cm³/mol. The van der Waals surface area contributed by atoms with Gasteiger partial charge in [0, 0.05) is 25.4 Å². The lowest BCUT2D eigenvalue weighted by atomic mass is 10.0. The molecule has 0 saturated carbocycles. The minimum absolute atomic E-state index is 0.152. The second-order valence-corrected chi connectivity index (χ2v) is 6.77. The highest BCUT2D eigenvalue weighted by molar-refractivity contribution is 5.89. The summed E-state index contributed by atoms with van der Waals surface area (Å²) in [7, 11) is 1.93. The summed E-state index contributed by atoms with van der Waals surface area (Å²) in [5, 5.41) is 20.0. The Morgan fingerprint density at radius 2 is 1.84 bits per heavy atom. The van der Waals surface area contributed by atoms with E-state index in [1.165, 1.54) is 38.2 Å². The Bertz CT molecular complexity index is 600. The van der Waals surface area contributed by atoms with E-state index >= 15 is 0 Å². The number of aliphatic hydroxyl groups is 1. The van der Waals surface area contributed by atoms with Gasteiger partial charge in [-0.25, -0.2) is 4.79 Å². The molecular formula is C20H30N2O3. The van der Waals surface area contributed by atoms with Gasteiger partial charge in [-0.2, -0.15) is 0 Å². The number of likely N-dealkylation sites (N-methyl/N-ethyl adjacent to an activating group) is 1. The van der Waals surface area contributed by atoms with Crippen LogP contribution in [0.3, 0.4) is 0 Å². The molecule has 0 amide bonds. The second-order valence-electron chi connectivity index (χ2n) is 6.77. The molecule has 1 aliphatic rings. The first-order chi connectivity index (χ1) is 12.0. The lowest BCUT2D eigenvalue weighted by Crippen LogP contribution is -2.26. The fourth-order valence-electron chi connectivity index (χ4n) is 3.28. The Labute approximate surface area is 150 Å². The number of hydrogen-bond acceptors (Lipinski definition) is 4. The number of carboxylic acids is 1. The van der Waals surface area contributed by atoms with E-state index in [2.05, 4.69) is 11.8 Å². The first-order valence-electron chi connectivity index (χ1n) is 9.21. The van der Waals surface area contributed by atoms with Crippen LogP contribution in [-0.4, -0.2) is 46.2 Å². The topological polar surface area (TPSA) is 64.0 Å². The van der Waals surface area contributed by atoms with Crippen LogP contribution in [0, 0.1) is 0 Å². The number of hydrogen-bond donors (Lipinski definition) is 2. The zero-order valence-corrected chi connectivity index (χ0v) is 15.3. The van der Waals surface area contributed by atoms with Crippen molar-refractivity contribution >= 4 is 5.97 Å². The summed E-state index contributed by atoms with van der Waals surface area (Å²) < 4.78 is 0. The number of nitrogens with zero attached hydrogens (tertiary/aromatic N) is 2. The third kappa shape index (κ3) is 5.23. The fraction of sp³-hybridized carbons (Fsp3) is 0.550. The van der Waals surface area contributed by atoms with E-state index in [1.54, 1.807) is 18.2 Å². The van der Waals surface area contributed by atoms with E-state index < -0.39 is 12.1 Å². The molecule has 0 aliphatic carbocycles. The average Bonchev–Trinajstić information content (AvgIpc) is 2.98. The van der Waals surface area contributed by atoms with Crippen molar-refractivity contribution in [3.05, 3.63) is 47.3 Å². The fourth-order valence-corrected chi connectivity index (χ4v) is 3.28. The Morgan fingerprint density at radius 3 is 2.56 bits per heavy atom. The highest BCUT2D eigenvalue weighted by Crippen LogP contribution is 2.30. The molecule has 138 valence electrons. The molecule has 2 rings (SSSR count). The first-order valence-corrected chi connectivity index (χ1v) is 9.21. The lowest BCUT2D eigenvalue weighted by Gasteiger charge is -2.22. The molecule has 1 aromatic carbocycles. The highest BCUT2D eigenvalue weighted by Gasteiger charge is 2.27. The number of carbonyl (C=O) groups is 1. The number of aromatic carboxylic acids is 1. The lowest BCUT2D eigenvalue weighted by molar-refractivity contribution is 0.0690. The molecule has 2 N–H and O–H groups in total. The van der Waals surface area contributed by atoms with E-state index in [9.17, 15) is 15.0 Å². The molecule has 1 unspecified atom stereocenters. The molecule has 0 bridgehead atoms. The van der Waals surface area contributed by atoms with Crippen molar-refractivity contribution in [2.45, 2.75) is 51.6 Å². The van der Waals surface area contributed by atoms with Crippen molar-refractivity contribution in [1.29, 1.82) is 0 Å². The molecule has 1 atom stereocenters. The molecule has 0 fully saturated rings. The van der Waals surface area contributed by atoms with Crippen LogP contribution in [0.25, 0.3) is 0 Å². The van der Waals surface area contributed by atoms with Crippen molar-refractivity contribution in [2.75, 3.05) is 20.3 Å². The smallest absolute Gasteiger partial charge is 0.336 e. The number of benzene rings is 1. The predicted octanol–water partition coefficient (Wildman–Crippen LogP) is 3.83. The molecule has 1 aromatic rings. The van der Waals surface area contributed by atoms with Gasteiger partial charge >= 0.3 is 5.97 Å². The van der Waals surface area contributed by atoms with Crippen LogP contribution in [-0.2, 0) is 0 Å². The molecule has 1 heterocycles. The van der Waals surface area contributed by atoms with Crippen molar-refractivity contribution in [3.63, 3.8) is 0 Å². The monoisotopic (exact) mass is 346 g/mol. The molecule has 25 heavy (non-hydrogen) atoms.